The van der Waals surface area contributed by atoms with Crippen LogP contribution in [0.15, 0.2) is 0 Å². The average molecular weight is 269 g/mol. The fraction of sp³-hybridized carbons (Fsp3) is 0.938. The zero-order valence-corrected chi connectivity index (χ0v) is 12.5. The van der Waals surface area contributed by atoms with Gasteiger partial charge >= 0.3 is 5.97 Å². The molecule has 0 amide bonds. The summed E-state index contributed by atoms with van der Waals surface area (Å²) < 4.78 is 0. The third-order valence-corrected chi connectivity index (χ3v) is 4.78. The minimum absolute atomic E-state index is 0.240. The largest absolute Gasteiger partial charge is 0.481 e. The summed E-state index contributed by atoms with van der Waals surface area (Å²) in [4.78, 5) is 11.1. The Balaban J connectivity index is 2.02. The molecule has 0 saturated heterocycles. The fourth-order valence-electron chi connectivity index (χ4n) is 3.07. The van der Waals surface area contributed by atoms with E-state index in [2.05, 4.69) is 0 Å². The lowest BCUT2D eigenvalue weighted by Gasteiger charge is -2.23. The first-order valence-corrected chi connectivity index (χ1v) is 8.02. The molecule has 1 rings (SSSR count). The minimum atomic E-state index is -0.753. The first-order valence-electron chi connectivity index (χ1n) is 8.02. The maximum Gasteiger partial charge on any atom is 0.310 e. The number of nitrogens with two attached hydrogens (primary N) is 1. The van der Waals surface area contributed by atoms with Crippen LogP contribution >= 0.6 is 0 Å². The summed E-state index contributed by atoms with van der Waals surface area (Å²) in [5.74, 6) is 0.222. The molecule has 1 aliphatic carbocycles. The van der Waals surface area contributed by atoms with Gasteiger partial charge in [-0.3, -0.25) is 4.79 Å². The molecule has 1 aliphatic rings. The quantitative estimate of drug-likeness (QED) is 0.623. The second-order valence-corrected chi connectivity index (χ2v) is 6.53. The van der Waals surface area contributed by atoms with Crippen LogP contribution in [0.25, 0.3) is 0 Å². The van der Waals surface area contributed by atoms with E-state index in [1.807, 2.05) is 0 Å². The molecule has 1 unspecified atom stereocenters. The molecule has 3 N–H and O–H groups in total. The molecule has 0 radical (unpaired) electrons. The molecule has 1 fully saturated rings. The van der Waals surface area contributed by atoms with Crippen LogP contribution in [0.2, 0.25) is 0 Å². The Morgan fingerprint density at radius 1 is 1.16 bits per heavy atom. The summed E-state index contributed by atoms with van der Waals surface area (Å²) in [5.41, 5.74) is 4.85. The molecule has 0 aromatic heterocycles. The highest BCUT2D eigenvalue weighted by molar-refractivity contribution is 5.74. The molecule has 0 spiro atoms. The maximum absolute atomic E-state index is 11.1. The number of hydrogen-bond acceptors (Lipinski definition) is 2. The van der Waals surface area contributed by atoms with Gasteiger partial charge < -0.3 is 10.8 Å². The standard InChI is InChI=1S/C16H31NO2/c1-16(13-17,15(18)19)12-8-3-2-5-9-14-10-6-4-7-11-14/h14H,2-13,17H2,1H3,(H,18,19). The highest BCUT2D eigenvalue weighted by atomic mass is 16.4. The SMILES string of the molecule is CC(CN)(CCCCCCC1CCCCC1)C(=O)O. The Kier molecular flexibility index (Phi) is 7.44. The van der Waals surface area contributed by atoms with Crippen molar-refractivity contribution in [3.8, 4) is 0 Å². The molecule has 3 heteroatoms. The third kappa shape index (κ3) is 5.94. The first kappa shape index (κ1) is 16.5. The van der Waals surface area contributed by atoms with E-state index in [1.54, 1.807) is 6.92 Å². The van der Waals surface area contributed by atoms with Crippen LogP contribution in [0, 0.1) is 11.3 Å². The summed E-state index contributed by atoms with van der Waals surface area (Å²) in [7, 11) is 0. The van der Waals surface area contributed by atoms with Crippen LogP contribution < -0.4 is 5.73 Å². The van der Waals surface area contributed by atoms with E-state index in [1.165, 1.54) is 51.4 Å². The average Bonchev–Trinajstić information content (AvgIpc) is 2.43. The summed E-state index contributed by atoms with van der Waals surface area (Å²) in [6.45, 7) is 2.00. The molecule has 0 aromatic rings. The molecule has 0 aromatic carbocycles. The summed E-state index contributed by atoms with van der Waals surface area (Å²) >= 11 is 0. The van der Waals surface area contributed by atoms with Crippen molar-refractivity contribution in [3.63, 3.8) is 0 Å². The predicted molar refractivity (Wildman–Crippen MR) is 79.1 cm³/mol. The lowest BCUT2D eigenvalue weighted by Crippen LogP contribution is -2.35. The molecule has 19 heavy (non-hydrogen) atoms. The van der Waals surface area contributed by atoms with Gasteiger partial charge in [-0.15, -0.1) is 0 Å². The number of hydrogen-bond donors (Lipinski definition) is 2. The normalized spacial score (nSPS) is 20.1. The molecule has 0 bridgehead atoms. The van der Waals surface area contributed by atoms with E-state index in [4.69, 9.17) is 10.8 Å². The van der Waals surface area contributed by atoms with Crippen molar-refractivity contribution in [2.24, 2.45) is 17.1 Å². The Labute approximate surface area is 118 Å². The minimum Gasteiger partial charge on any atom is -0.481 e. The van der Waals surface area contributed by atoms with Crippen LogP contribution in [0.4, 0.5) is 0 Å². The van der Waals surface area contributed by atoms with Gasteiger partial charge in [-0.25, -0.2) is 0 Å². The molecule has 1 atom stereocenters. The van der Waals surface area contributed by atoms with Crippen molar-refractivity contribution in [1.82, 2.24) is 0 Å². The zero-order valence-electron chi connectivity index (χ0n) is 12.5. The molecule has 0 heterocycles. The van der Waals surface area contributed by atoms with Gasteiger partial charge in [-0.05, 0) is 19.3 Å². The third-order valence-electron chi connectivity index (χ3n) is 4.78. The van der Waals surface area contributed by atoms with E-state index < -0.39 is 11.4 Å². The van der Waals surface area contributed by atoms with Crippen molar-refractivity contribution in [3.05, 3.63) is 0 Å². The molecule has 3 nitrogen and oxygen atoms in total. The Morgan fingerprint density at radius 2 is 1.79 bits per heavy atom. The Bertz CT molecular complexity index is 261. The maximum atomic E-state index is 11.1. The summed E-state index contributed by atoms with van der Waals surface area (Å²) in [5, 5.41) is 9.13. The van der Waals surface area contributed by atoms with E-state index >= 15 is 0 Å². The van der Waals surface area contributed by atoms with Crippen LogP contribution in [0.5, 0.6) is 0 Å². The van der Waals surface area contributed by atoms with Crippen molar-refractivity contribution >= 4 is 5.97 Å². The van der Waals surface area contributed by atoms with Gasteiger partial charge in [0.25, 0.3) is 0 Å². The van der Waals surface area contributed by atoms with Crippen molar-refractivity contribution < 1.29 is 9.90 Å². The van der Waals surface area contributed by atoms with Crippen molar-refractivity contribution in [2.45, 2.75) is 77.6 Å². The van der Waals surface area contributed by atoms with E-state index in [0.29, 0.717) is 6.42 Å². The smallest absolute Gasteiger partial charge is 0.310 e. The number of unbranched alkanes of at least 4 members (excludes halogenated alkanes) is 3. The Morgan fingerprint density at radius 3 is 2.37 bits per heavy atom. The van der Waals surface area contributed by atoms with E-state index in [-0.39, 0.29) is 6.54 Å². The number of aliphatic carboxylic acids is 1. The van der Waals surface area contributed by atoms with Gasteiger partial charge in [0.2, 0.25) is 0 Å². The number of carboxylic acid groups (broad SMARTS) is 1. The van der Waals surface area contributed by atoms with Crippen molar-refractivity contribution in [1.29, 1.82) is 0 Å². The summed E-state index contributed by atoms with van der Waals surface area (Å²) in [6, 6.07) is 0. The van der Waals surface area contributed by atoms with Gasteiger partial charge in [0.15, 0.2) is 0 Å². The predicted octanol–water partition coefficient (Wildman–Crippen LogP) is 3.96. The van der Waals surface area contributed by atoms with Gasteiger partial charge in [0.05, 0.1) is 5.41 Å². The molecular formula is C16H31NO2. The van der Waals surface area contributed by atoms with Crippen LogP contribution in [0.1, 0.15) is 77.6 Å². The topological polar surface area (TPSA) is 63.3 Å². The van der Waals surface area contributed by atoms with Crippen LogP contribution in [-0.4, -0.2) is 17.6 Å². The molecule has 0 aliphatic heterocycles. The number of carboxylic acids is 1. The molecule has 112 valence electrons. The highest BCUT2D eigenvalue weighted by Crippen LogP contribution is 2.28. The van der Waals surface area contributed by atoms with Gasteiger partial charge in [0, 0.05) is 6.54 Å². The first-order chi connectivity index (χ1) is 9.08. The fourth-order valence-corrected chi connectivity index (χ4v) is 3.07. The second kappa shape index (κ2) is 8.57. The molecule has 1 saturated carbocycles. The highest BCUT2D eigenvalue weighted by Gasteiger charge is 2.30. The molecular weight excluding hydrogens is 238 g/mol. The van der Waals surface area contributed by atoms with Gasteiger partial charge in [0.1, 0.15) is 0 Å². The van der Waals surface area contributed by atoms with Gasteiger partial charge in [-0.1, -0.05) is 64.2 Å². The zero-order chi connectivity index (χ0) is 14.1. The number of carbonyl (C=O) groups is 1. The van der Waals surface area contributed by atoms with Gasteiger partial charge in [-0.2, -0.15) is 0 Å². The van der Waals surface area contributed by atoms with Crippen LogP contribution in [0.3, 0.4) is 0 Å². The summed E-state index contributed by atoms with van der Waals surface area (Å²) in [6.07, 6.45) is 14.0. The lowest BCUT2D eigenvalue weighted by molar-refractivity contribution is -0.147. The van der Waals surface area contributed by atoms with E-state index in [0.717, 1.165) is 18.8 Å². The van der Waals surface area contributed by atoms with E-state index in [9.17, 15) is 4.79 Å². The monoisotopic (exact) mass is 269 g/mol. The lowest BCUT2D eigenvalue weighted by atomic mass is 9.84. The number of rotatable bonds is 9. The Hall–Kier alpha value is -0.570. The van der Waals surface area contributed by atoms with Crippen molar-refractivity contribution in [2.75, 3.05) is 6.54 Å². The second-order valence-electron chi connectivity index (χ2n) is 6.53. The van der Waals surface area contributed by atoms with Crippen LogP contribution in [-0.2, 0) is 4.79 Å².